The smallest absolute Gasteiger partial charge is 0.0714 e. The summed E-state index contributed by atoms with van der Waals surface area (Å²) in [6.07, 6.45) is 0. The Morgan fingerprint density at radius 2 is 0.549 bits per heavy atom. The van der Waals surface area contributed by atoms with Crippen LogP contribution in [0.1, 0.15) is 44.5 Å². The number of nitrogens with one attached hydrogen (secondary N) is 1. The Kier molecular flexibility index (Phi) is 6.69. The molecule has 51 heavy (non-hydrogen) atoms. The molecule has 8 aromatic carbocycles. The van der Waals surface area contributed by atoms with Gasteiger partial charge in [0.1, 0.15) is 0 Å². The van der Waals surface area contributed by atoms with Crippen LogP contribution in [0, 0.1) is 0 Å². The van der Waals surface area contributed by atoms with Gasteiger partial charge < -0.3 is 5.32 Å². The monoisotopic (exact) mass is 649 g/mol. The fraction of sp³-hybridized carbons (Fsp3) is 0.0400. The van der Waals surface area contributed by atoms with E-state index in [-0.39, 0.29) is 0 Å². The predicted molar refractivity (Wildman–Crippen MR) is 211 cm³/mol. The molecule has 10 rings (SSSR count). The molecule has 0 aliphatic heterocycles. The van der Waals surface area contributed by atoms with Gasteiger partial charge in [0, 0.05) is 11.4 Å². The van der Waals surface area contributed by atoms with Crippen molar-refractivity contribution in [2.45, 2.75) is 10.8 Å². The van der Waals surface area contributed by atoms with Gasteiger partial charge in [0.25, 0.3) is 0 Å². The normalized spacial score (nSPS) is 14.2. The Bertz CT molecular complexity index is 2290. The van der Waals surface area contributed by atoms with Crippen LogP contribution in [0.5, 0.6) is 0 Å². The third-order valence-corrected chi connectivity index (χ3v) is 11.2. The van der Waals surface area contributed by atoms with E-state index in [2.05, 4.69) is 212 Å². The van der Waals surface area contributed by atoms with Crippen molar-refractivity contribution >= 4 is 11.4 Å². The van der Waals surface area contributed by atoms with E-state index in [1.807, 2.05) is 0 Å². The van der Waals surface area contributed by atoms with E-state index in [0.29, 0.717) is 0 Å². The standard InChI is InChI=1S/C50H35N/c1-3-17-35(18-4-1)49(45-29-11-7-25-41(45)42-26-8-12-30-46(42)49)37-21-15-23-39(33-37)51-40-24-16-22-38(34-40)50(36-19-5-2-6-20-36)47-31-13-9-27-43(47)44-28-10-14-32-48(44)50/h1-34,51H. The Labute approximate surface area is 299 Å². The summed E-state index contributed by atoms with van der Waals surface area (Å²) < 4.78 is 0. The van der Waals surface area contributed by atoms with E-state index in [4.69, 9.17) is 0 Å². The second-order valence-electron chi connectivity index (χ2n) is 13.7. The zero-order valence-corrected chi connectivity index (χ0v) is 28.1. The summed E-state index contributed by atoms with van der Waals surface area (Å²) in [5.74, 6) is 0. The minimum absolute atomic E-state index is 0.442. The molecule has 0 heterocycles. The van der Waals surface area contributed by atoms with Crippen LogP contribution in [0.4, 0.5) is 11.4 Å². The van der Waals surface area contributed by atoms with Gasteiger partial charge in [0.2, 0.25) is 0 Å². The first-order chi connectivity index (χ1) is 25.3. The van der Waals surface area contributed by atoms with Gasteiger partial charge in [-0.1, -0.05) is 182 Å². The zero-order valence-electron chi connectivity index (χ0n) is 28.1. The van der Waals surface area contributed by atoms with E-state index < -0.39 is 10.8 Å². The Hall–Kier alpha value is -6.44. The zero-order chi connectivity index (χ0) is 33.8. The molecule has 0 spiro atoms. The van der Waals surface area contributed by atoms with E-state index in [9.17, 15) is 0 Å². The summed E-state index contributed by atoms with van der Waals surface area (Å²) in [5.41, 5.74) is 16.7. The molecule has 0 atom stereocenters. The summed E-state index contributed by atoms with van der Waals surface area (Å²) >= 11 is 0. The van der Waals surface area contributed by atoms with Crippen molar-refractivity contribution in [2.24, 2.45) is 0 Å². The van der Waals surface area contributed by atoms with Gasteiger partial charge in [-0.15, -0.1) is 0 Å². The molecular weight excluding hydrogens is 615 g/mol. The van der Waals surface area contributed by atoms with Crippen molar-refractivity contribution in [1.29, 1.82) is 0 Å². The van der Waals surface area contributed by atoms with Crippen LogP contribution in [0.2, 0.25) is 0 Å². The maximum Gasteiger partial charge on any atom is 0.0714 e. The first-order valence-electron chi connectivity index (χ1n) is 17.8. The molecule has 1 N–H and O–H groups in total. The van der Waals surface area contributed by atoms with Crippen molar-refractivity contribution < 1.29 is 0 Å². The molecular formula is C50H35N. The van der Waals surface area contributed by atoms with Crippen LogP contribution < -0.4 is 5.32 Å². The lowest BCUT2D eigenvalue weighted by Crippen LogP contribution is -2.28. The lowest BCUT2D eigenvalue weighted by atomic mass is 9.67. The summed E-state index contributed by atoms with van der Waals surface area (Å²) in [7, 11) is 0. The molecule has 1 nitrogen and oxygen atoms in total. The minimum atomic E-state index is -0.442. The Morgan fingerprint density at radius 1 is 0.255 bits per heavy atom. The average molecular weight is 650 g/mol. The Morgan fingerprint density at radius 3 is 0.902 bits per heavy atom. The van der Waals surface area contributed by atoms with Crippen LogP contribution in [-0.2, 0) is 10.8 Å². The van der Waals surface area contributed by atoms with Crippen molar-refractivity contribution in [3.63, 3.8) is 0 Å². The fourth-order valence-corrected chi connectivity index (χ4v) is 9.25. The fourth-order valence-electron chi connectivity index (χ4n) is 9.25. The quantitative estimate of drug-likeness (QED) is 0.189. The average Bonchev–Trinajstić information content (AvgIpc) is 3.68. The first-order valence-corrected chi connectivity index (χ1v) is 17.8. The molecule has 0 fully saturated rings. The van der Waals surface area contributed by atoms with Crippen LogP contribution in [0.15, 0.2) is 206 Å². The molecule has 0 saturated carbocycles. The summed E-state index contributed by atoms with van der Waals surface area (Å²) in [6, 6.07) is 75.7. The van der Waals surface area contributed by atoms with Crippen LogP contribution in [0.3, 0.4) is 0 Å². The number of benzene rings is 8. The summed E-state index contributed by atoms with van der Waals surface area (Å²) in [5, 5.41) is 3.86. The molecule has 2 aliphatic carbocycles. The molecule has 0 unspecified atom stereocenters. The van der Waals surface area contributed by atoms with Crippen molar-refractivity contribution in [3.8, 4) is 22.3 Å². The summed E-state index contributed by atoms with van der Waals surface area (Å²) in [6.45, 7) is 0. The van der Waals surface area contributed by atoms with E-state index in [1.54, 1.807) is 0 Å². The number of fused-ring (bicyclic) bond motifs is 6. The van der Waals surface area contributed by atoms with Gasteiger partial charge in [-0.2, -0.15) is 0 Å². The molecule has 0 saturated heterocycles. The minimum Gasteiger partial charge on any atom is -0.356 e. The first kappa shape index (κ1) is 29.5. The third kappa shape index (κ3) is 4.22. The van der Waals surface area contributed by atoms with E-state index in [1.165, 1.54) is 66.8 Å². The molecule has 240 valence electrons. The molecule has 1 heteroatoms. The van der Waals surface area contributed by atoms with Crippen LogP contribution >= 0.6 is 0 Å². The number of hydrogen-bond acceptors (Lipinski definition) is 1. The van der Waals surface area contributed by atoms with Gasteiger partial charge in [-0.3, -0.25) is 0 Å². The SMILES string of the molecule is c1ccc(C2(c3cccc(Nc4cccc(C5(c6ccccc6)c6ccccc6-c6ccccc65)c4)c3)c3ccccc3-c3ccccc32)cc1. The van der Waals surface area contributed by atoms with Gasteiger partial charge in [-0.05, 0) is 91.0 Å². The van der Waals surface area contributed by atoms with E-state index in [0.717, 1.165) is 11.4 Å². The second-order valence-corrected chi connectivity index (χ2v) is 13.7. The number of hydrogen-bond donors (Lipinski definition) is 1. The van der Waals surface area contributed by atoms with E-state index >= 15 is 0 Å². The van der Waals surface area contributed by atoms with Gasteiger partial charge >= 0.3 is 0 Å². The van der Waals surface area contributed by atoms with Gasteiger partial charge in [0.15, 0.2) is 0 Å². The van der Waals surface area contributed by atoms with Crippen molar-refractivity contribution in [3.05, 3.63) is 251 Å². The summed E-state index contributed by atoms with van der Waals surface area (Å²) in [4.78, 5) is 0. The molecule has 0 aromatic heterocycles. The highest BCUT2D eigenvalue weighted by Gasteiger charge is 2.47. The second kappa shape index (κ2) is 11.6. The predicted octanol–water partition coefficient (Wildman–Crippen LogP) is 12.2. The lowest BCUT2D eigenvalue weighted by Gasteiger charge is -2.34. The maximum absolute atomic E-state index is 3.86. The van der Waals surface area contributed by atoms with Crippen molar-refractivity contribution in [1.82, 2.24) is 0 Å². The molecule has 0 amide bonds. The van der Waals surface area contributed by atoms with Crippen LogP contribution in [0.25, 0.3) is 22.3 Å². The van der Waals surface area contributed by atoms with Crippen LogP contribution in [-0.4, -0.2) is 0 Å². The number of anilines is 2. The van der Waals surface area contributed by atoms with Gasteiger partial charge in [0.05, 0.1) is 10.8 Å². The van der Waals surface area contributed by atoms with Crippen molar-refractivity contribution in [2.75, 3.05) is 5.32 Å². The Balaban J connectivity index is 1.13. The third-order valence-electron chi connectivity index (χ3n) is 11.2. The number of rotatable bonds is 6. The van der Waals surface area contributed by atoms with Gasteiger partial charge in [-0.25, -0.2) is 0 Å². The molecule has 0 radical (unpaired) electrons. The molecule has 8 aromatic rings. The highest BCUT2D eigenvalue weighted by molar-refractivity contribution is 5.88. The lowest BCUT2D eigenvalue weighted by molar-refractivity contribution is 0.768. The highest BCUT2D eigenvalue weighted by atomic mass is 14.9. The topological polar surface area (TPSA) is 12.0 Å². The highest BCUT2D eigenvalue weighted by Crippen LogP contribution is 2.57. The molecule has 2 aliphatic rings. The molecule has 0 bridgehead atoms. The largest absolute Gasteiger partial charge is 0.356 e. The maximum atomic E-state index is 3.86.